The van der Waals surface area contributed by atoms with Crippen molar-refractivity contribution in [1.82, 2.24) is 4.90 Å². The lowest BCUT2D eigenvalue weighted by atomic mass is 9.74. The van der Waals surface area contributed by atoms with Gasteiger partial charge in [0.05, 0.1) is 42.0 Å². The summed E-state index contributed by atoms with van der Waals surface area (Å²) in [6, 6.07) is -0.305. The number of carbonyl (C=O) groups excluding carboxylic acids is 3. The average Bonchev–Trinajstić information content (AvgIpc) is 3.14. The van der Waals surface area contributed by atoms with E-state index in [1.165, 1.54) is 21.1 Å². The summed E-state index contributed by atoms with van der Waals surface area (Å²) in [6.45, 7) is 20.5. The van der Waals surface area contributed by atoms with Gasteiger partial charge in [-0.15, -0.1) is 0 Å². The van der Waals surface area contributed by atoms with Crippen molar-refractivity contribution < 1.29 is 67.6 Å². The molecule has 0 aromatic heterocycles. The molecule has 0 saturated carbocycles. The minimum Gasteiger partial charge on any atom is -0.459 e. The summed E-state index contributed by atoms with van der Waals surface area (Å²) in [6.07, 6.45) is -7.97. The maximum atomic E-state index is 14.3. The van der Waals surface area contributed by atoms with Crippen LogP contribution in [0.5, 0.6) is 0 Å². The van der Waals surface area contributed by atoms with Gasteiger partial charge in [0, 0.05) is 50.5 Å². The number of carbonyl (C=O) groups is 3. The Kier molecular flexibility index (Phi) is 16.7. The number of rotatable bonds is 10. The number of aliphatic hydroxyl groups is 3. The van der Waals surface area contributed by atoms with Gasteiger partial charge < -0.3 is 58.1 Å². The van der Waals surface area contributed by atoms with E-state index in [0.29, 0.717) is 6.42 Å². The third-order valence-electron chi connectivity index (χ3n) is 12.6. The molecular formula is C41H71NO14. The lowest BCUT2D eigenvalue weighted by Crippen LogP contribution is -2.61. The molecule has 3 rings (SSSR count). The molecule has 3 saturated heterocycles. The number of cyclic esters (lactones) is 1. The summed E-state index contributed by atoms with van der Waals surface area (Å²) in [4.78, 5) is 42.6. The van der Waals surface area contributed by atoms with Crippen LogP contribution in [0.15, 0.2) is 12.7 Å². The number of Topliss-reactive ketones (excluding diaryl/α,β-unsaturated/α-hetero) is 1. The summed E-state index contributed by atoms with van der Waals surface area (Å²) < 4.78 is 50.1. The fourth-order valence-electron chi connectivity index (χ4n) is 8.97. The minimum absolute atomic E-state index is 0.0787. The second-order valence-electron chi connectivity index (χ2n) is 17.2. The highest BCUT2D eigenvalue weighted by molar-refractivity contribution is 5.83. The van der Waals surface area contributed by atoms with Crippen LogP contribution in [0.25, 0.3) is 0 Å². The van der Waals surface area contributed by atoms with Crippen molar-refractivity contribution in [2.24, 2.45) is 23.7 Å². The number of ether oxygens (including phenoxy) is 8. The number of methoxy groups -OCH3 is 2. The number of esters is 2. The van der Waals surface area contributed by atoms with Gasteiger partial charge in [0.25, 0.3) is 0 Å². The fraction of sp³-hybridized carbons (Fsp3) is 0.878. The largest absolute Gasteiger partial charge is 0.459 e. The molecule has 15 nitrogen and oxygen atoms in total. The zero-order valence-electron chi connectivity index (χ0n) is 36.1. The molecule has 324 valence electrons. The summed E-state index contributed by atoms with van der Waals surface area (Å²) in [5.41, 5.74) is -4.36. The quantitative estimate of drug-likeness (QED) is 0.216. The molecule has 0 spiro atoms. The van der Waals surface area contributed by atoms with E-state index in [1.54, 1.807) is 48.5 Å². The van der Waals surface area contributed by atoms with Crippen LogP contribution >= 0.6 is 0 Å². The Morgan fingerprint density at radius 3 is 2.05 bits per heavy atom. The van der Waals surface area contributed by atoms with E-state index < -0.39 is 108 Å². The fourth-order valence-corrected chi connectivity index (χ4v) is 8.97. The normalized spacial score (nSPS) is 46.1. The van der Waals surface area contributed by atoms with Crippen LogP contribution in [0.2, 0.25) is 0 Å². The number of aliphatic hydroxyl groups excluding tert-OH is 2. The topological polar surface area (TPSA) is 189 Å². The number of nitrogens with zero attached hydrogens (tertiary/aromatic N) is 1. The molecule has 3 fully saturated rings. The standard InChI is InChI=1S/C41H71NO14/c1-16-28-41(11,48)34(46)23(5)31(44)21(3)19-39(9,49-14)35(56-38-32(45)27(42(12)13)18-22(4)51-38)24(6)33(25(7)37(47)53-28)55-30-20-40(10,50-15)36(26(8)52-30)54-29(43)17-2/h17,21-28,30,32-36,38,45-46,48H,2,16,18-20H2,1,3-15H3/t21-,22-,23+,24+,25-,26+,27+,28-,30?,32-,33+,34-,35-,36+,38?,39-,40-,41-/m1/s1. The molecule has 0 amide bonds. The third kappa shape index (κ3) is 10.4. The smallest absolute Gasteiger partial charge is 0.330 e. The van der Waals surface area contributed by atoms with Gasteiger partial charge in [0.15, 0.2) is 18.7 Å². The maximum absolute atomic E-state index is 14.3. The monoisotopic (exact) mass is 801 g/mol. The van der Waals surface area contributed by atoms with Crippen molar-refractivity contribution in [2.75, 3.05) is 28.3 Å². The molecule has 3 aliphatic heterocycles. The molecule has 3 N–H and O–H groups in total. The zero-order chi connectivity index (χ0) is 42.7. The van der Waals surface area contributed by atoms with Crippen LogP contribution in [0.4, 0.5) is 0 Å². The second kappa shape index (κ2) is 19.3. The first-order valence-corrected chi connectivity index (χ1v) is 20.0. The van der Waals surface area contributed by atoms with Gasteiger partial charge in [-0.3, -0.25) is 9.59 Å². The molecule has 3 heterocycles. The van der Waals surface area contributed by atoms with Gasteiger partial charge in [0.2, 0.25) is 0 Å². The Labute approximate surface area is 333 Å². The predicted molar refractivity (Wildman–Crippen MR) is 205 cm³/mol. The number of hydrogen-bond donors (Lipinski definition) is 3. The molecule has 0 aromatic carbocycles. The van der Waals surface area contributed by atoms with Crippen LogP contribution in [0, 0.1) is 23.7 Å². The van der Waals surface area contributed by atoms with E-state index >= 15 is 0 Å². The van der Waals surface area contributed by atoms with Crippen molar-refractivity contribution in [1.29, 1.82) is 0 Å². The summed E-state index contributed by atoms with van der Waals surface area (Å²) in [5.74, 6) is -5.28. The Bertz CT molecular complexity index is 1340. The van der Waals surface area contributed by atoms with Gasteiger partial charge in [0.1, 0.15) is 29.2 Å². The number of hydrogen-bond acceptors (Lipinski definition) is 15. The van der Waals surface area contributed by atoms with Gasteiger partial charge in [-0.2, -0.15) is 0 Å². The van der Waals surface area contributed by atoms with Crippen LogP contribution in [0.3, 0.4) is 0 Å². The van der Waals surface area contributed by atoms with Crippen LogP contribution < -0.4 is 0 Å². The van der Waals surface area contributed by atoms with Crippen LogP contribution in [-0.2, 0) is 52.3 Å². The molecule has 15 heteroatoms. The molecule has 56 heavy (non-hydrogen) atoms. The first-order chi connectivity index (χ1) is 25.9. The van der Waals surface area contributed by atoms with Crippen molar-refractivity contribution in [3.8, 4) is 0 Å². The molecule has 0 aliphatic carbocycles. The first-order valence-electron chi connectivity index (χ1n) is 20.0. The lowest BCUT2D eigenvalue weighted by molar-refractivity contribution is -0.320. The molecule has 2 unspecified atom stereocenters. The third-order valence-corrected chi connectivity index (χ3v) is 12.6. The summed E-state index contributed by atoms with van der Waals surface area (Å²) in [7, 11) is 6.73. The Balaban J connectivity index is 2.22. The average molecular weight is 802 g/mol. The molecule has 0 radical (unpaired) electrons. The van der Waals surface area contributed by atoms with Gasteiger partial charge >= 0.3 is 11.9 Å². The van der Waals surface area contributed by atoms with E-state index in [2.05, 4.69) is 6.58 Å². The lowest BCUT2D eigenvalue weighted by Gasteiger charge is -2.50. The number of likely N-dealkylation sites (N-methyl/N-ethyl adjacent to an activating group) is 1. The summed E-state index contributed by atoms with van der Waals surface area (Å²) >= 11 is 0. The van der Waals surface area contributed by atoms with Crippen molar-refractivity contribution in [2.45, 2.75) is 179 Å². The van der Waals surface area contributed by atoms with Crippen molar-refractivity contribution in [3.63, 3.8) is 0 Å². The maximum Gasteiger partial charge on any atom is 0.330 e. The Morgan fingerprint density at radius 2 is 1.52 bits per heavy atom. The molecular weight excluding hydrogens is 730 g/mol. The zero-order valence-corrected chi connectivity index (χ0v) is 36.1. The molecule has 3 aliphatic rings. The second-order valence-corrected chi connectivity index (χ2v) is 17.2. The Morgan fingerprint density at radius 1 is 0.929 bits per heavy atom. The summed E-state index contributed by atoms with van der Waals surface area (Å²) in [5, 5.41) is 34.8. The van der Waals surface area contributed by atoms with Gasteiger partial charge in [-0.25, -0.2) is 4.79 Å². The van der Waals surface area contributed by atoms with E-state index in [1.807, 2.05) is 32.8 Å². The van der Waals surface area contributed by atoms with Crippen molar-refractivity contribution in [3.05, 3.63) is 12.7 Å². The van der Waals surface area contributed by atoms with Gasteiger partial charge in [-0.05, 0) is 74.9 Å². The first kappa shape index (κ1) is 48.3. The number of ketones is 1. The predicted octanol–water partition coefficient (Wildman–Crippen LogP) is 3.18. The highest BCUT2D eigenvalue weighted by Gasteiger charge is 2.54. The van der Waals surface area contributed by atoms with E-state index in [9.17, 15) is 29.7 Å². The SMILES string of the molecule is C=CC(=O)O[C@H]1[C@H](C)OC(O[C@H]2[C@H](C)[C@@H](OC3O[C@H](C)C[C@H](N(C)C)[C@H]3O)[C@](C)(OC)C[C@@H](C)C(=O)[C@H](C)[C@@H](O)[C@](C)(O)[C@@H](CC)OC(=O)[C@@H]2C)C[C@@]1(C)OC. The van der Waals surface area contributed by atoms with Gasteiger partial charge in [-0.1, -0.05) is 34.3 Å². The molecule has 0 bridgehead atoms. The molecule has 0 aromatic rings. The minimum atomic E-state index is -1.99. The highest BCUT2D eigenvalue weighted by Crippen LogP contribution is 2.42. The molecule has 18 atom stereocenters. The van der Waals surface area contributed by atoms with Crippen molar-refractivity contribution >= 4 is 17.7 Å². The van der Waals surface area contributed by atoms with E-state index in [4.69, 9.17) is 37.9 Å². The van der Waals surface area contributed by atoms with Crippen LogP contribution in [-0.4, -0.2) is 151 Å². The highest BCUT2D eigenvalue weighted by atomic mass is 16.7. The van der Waals surface area contributed by atoms with E-state index in [-0.39, 0.29) is 37.2 Å². The Hall–Kier alpha value is -2.05. The van der Waals surface area contributed by atoms with Crippen LogP contribution in [0.1, 0.15) is 94.9 Å². The van der Waals surface area contributed by atoms with E-state index in [0.717, 1.165) is 6.08 Å².